The van der Waals surface area contributed by atoms with E-state index in [2.05, 4.69) is 29.4 Å². The third kappa shape index (κ3) is 5.02. The highest BCUT2D eigenvalue weighted by molar-refractivity contribution is 7.17. The van der Waals surface area contributed by atoms with E-state index in [1.807, 2.05) is 29.7 Å². The maximum Gasteiger partial charge on any atom is 0.272 e. The van der Waals surface area contributed by atoms with Gasteiger partial charge in [0.25, 0.3) is 5.56 Å². The van der Waals surface area contributed by atoms with Gasteiger partial charge in [0.1, 0.15) is 10.5 Å². The molecule has 0 atom stereocenters. The first-order valence-electron chi connectivity index (χ1n) is 10.1. The molecule has 0 radical (unpaired) electrons. The quantitative estimate of drug-likeness (QED) is 0.510. The van der Waals surface area contributed by atoms with E-state index >= 15 is 0 Å². The Morgan fingerprint density at radius 1 is 1.28 bits per heavy atom. The van der Waals surface area contributed by atoms with Crippen LogP contribution in [0.2, 0.25) is 0 Å². The van der Waals surface area contributed by atoms with Crippen LogP contribution in [0.15, 0.2) is 16.2 Å². The number of carbonyl (C=O) groups is 1. The largest absolute Gasteiger partial charge is 0.379 e. The Morgan fingerprint density at radius 3 is 2.79 bits per heavy atom. The van der Waals surface area contributed by atoms with Crippen molar-refractivity contribution in [2.24, 2.45) is 5.92 Å². The van der Waals surface area contributed by atoms with Gasteiger partial charge in [0.15, 0.2) is 0 Å². The van der Waals surface area contributed by atoms with Gasteiger partial charge in [0.05, 0.1) is 11.6 Å². The highest BCUT2D eigenvalue weighted by Gasteiger charge is 2.18. The monoisotopic (exact) mass is 419 g/mol. The van der Waals surface area contributed by atoms with Gasteiger partial charge >= 0.3 is 0 Å². The maximum atomic E-state index is 12.8. The van der Waals surface area contributed by atoms with E-state index in [-0.39, 0.29) is 17.6 Å². The van der Waals surface area contributed by atoms with E-state index in [0.29, 0.717) is 54.8 Å². The predicted molar refractivity (Wildman–Crippen MR) is 115 cm³/mol. The molecule has 0 aromatic carbocycles. The lowest BCUT2D eigenvalue weighted by Gasteiger charge is -2.11. The lowest BCUT2D eigenvalue weighted by molar-refractivity contribution is -0.121. The molecule has 3 rings (SSSR count). The standard InChI is InChI=1S/C20H29N5O3S/c1-13(2)12-24-19(27)18-15(8-11-29-18)25-16(22-23-20(24)25)6-7-17(26)21-9-5-10-28-14(3)4/h8,11,13-14H,5-7,9-10,12H2,1-4H3,(H,21,26). The SMILES string of the molecule is CC(C)Cn1c(=O)c2sccc2n2c(CCC(=O)NCCCOC(C)C)nnc12. The van der Waals surface area contributed by atoms with Crippen molar-refractivity contribution in [1.82, 2.24) is 24.5 Å². The van der Waals surface area contributed by atoms with Crippen molar-refractivity contribution >= 4 is 33.2 Å². The number of thiophene rings is 1. The zero-order valence-electron chi connectivity index (χ0n) is 17.5. The molecule has 0 aliphatic carbocycles. The first kappa shape index (κ1) is 21.4. The minimum absolute atomic E-state index is 0.0247. The maximum absolute atomic E-state index is 12.8. The van der Waals surface area contributed by atoms with Crippen LogP contribution in [-0.4, -0.2) is 44.3 Å². The van der Waals surface area contributed by atoms with E-state index in [1.54, 1.807) is 4.57 Å². The molecule has 158 valence electrons. The highest BCUT2D eigenvalue weighted by atomic mass is 32.1. The number of hydrogen-bond donors (Lipinski definition) is 1. The van der Waals surface area contributed by atoms with Crippen LogP contribution in [-0.2, 0) is 22.5 Å². The van der Waals surface area contributed by atoms with E-state index < -0.39 is 0 Å². The van der Waals surface area contributed by atoms with Gasteiger partial charge < -0.3 is 10.1 Å². The molecule has 0 bridgehead atoms. The molecule has 3 aromatic heterocycles. The zero-order valence-corrected chi connectivity index (χ0v) is 18.3. The Kier molecular flexibility index (Phi) is 7.02. The smallest absolute Gasteiger partial charge is 0.272 e. The molecule has 0 fully saturated rings. The van der Waals surface area contributed by atoms with Crippen LogP contribution in [0.1, 0.15) is 46.4 Å². The van der Waals surface area contributed by atoms with Gasteiger partial charge in [0.2, 0.25) is 11.7 Å². The second kappa shape index (κ2) is 9.49. The molecule has 3 aromatic rings. The lowest BCUT2D eigenvalue weighted by atomic mass is 10.2. The van der Waals surface area contributed by atoms with E-state index in [9.17, 15) is 9.59 Å². The first-order valence-corrected chi connectivity index (χ1v) is 11.0. The molecular formula is C20H29N5O3S. The summed E-state index contributed by atoms with van der Waals surface area (Å²) < 4.78 is 9.77. The minimum Gasteiger partial charge on any atom is -0.379 e. The molecule has 8 nitrogen and oxygen atoms in total. The minimum atomic E-state index is -0.0310. The molecule has 1 N–H and O–H groups in total. The second-order valence-corrected chi connectivity index (χ2v) is 8.74. The summed E-state index contributed by atoms with van der Waals surface area (Å²) in [4.78, 5) is 25.0. The van der Waals surface area contributed by atoms with E-state index in [1.165, 1.54) is 11.3 Å². The summed E-state index contributed by atoms with van der Waals surface area (Å²) in [6, 6.07) is 1.91. The van der Waals surface area contributed by atoms with Crippen LogP contribution in [0.5, 0.6) is 0 Å². The number of nitrogens with one attached hydrogen (secondary N) is 1. The molecule has 0 aliphatic rings. The van der Waals surface area contributed by atoms with Crippen LogP contribution >= 0.6 is 11.3 Å². The molecule has 0 unspecified atom stereocenters. The molecule has 1 amide bonds. The Balaban J connectivity index is 1.73. The summed E-state index contributed by atoms with van der Waals surface area (Å²) in [5, 5.41) is 13.4. The normalized spacial score (nSPS) is 11.9. The molecule has 9 heteroatoms. The Bertz CT molecular complexity index is 1030. The molecule has 29 heavy (non-hydrogen) atoms. The average molecular weight is 420 g/mol. The molecule has 3 heterocycles. The number of amides is 1. The van der Waals surface area contributed by atoms with Crippen molar-refractivity contribution in [3.63, 3.8) is 0 Å². The van der Waals surface area contributed by atoms with Gasteiger partial charge in [-0.25, -0.2) is 0 Å². The number of hydrogen-bond acceptors (Lipinski definition) is 6. The molecule has 0 spiro atoms. The van der Waals surface area contributed by atoms with Crippen LogP contribution in [0.3, 0.4) is 0 Å². The van der Waals surface area contributed by atoms with Crippen molar-refractivity contribution in [2.45, 2.75) is 59.6 Å². The Labute approximate surface area is 173 Å². The Morgan fingerprint density at radius 2 is 2.07 bits per heavy atom. The van der Waals surface area contributed by atoms with Crippen LogP contribution < -0.4 is 10.9 Å². The number of aryl methyl sites for hydroxylation is 1. The molecule has 0 aliphatic heterocycles. The second-order valence-electron chi connectivity index (χ2n) is 7.82. The van der Waals surface area contributed by atoms with Gasteiger partial charge in [-0.05, 0) is 37.6 Å². The van der Waals surface area contributed by atoms with Crippen molar-refractivity contribution < 1.29 is 9.53 Å². The van der Waals surface area contributed by atoms with Crippen LogP contribution in [0, 0.1) is 5.92 Å². The molecular weight excluding hydrogens is 390 g/mol. The first-order chi connectivity index (χ1) is 13.9. The van der Waals surface area contributed by atoms with Crippen molar-refractivity contribution in [2.75, 3.05) is 13.2 Å². The summed E-state index contributed by atoms with van der Waals surface area (Å²) in [5.74, 6) is 1.51. The summed E-state index contributed by atoms with van der Waals surface area (Å²) in [6.45, 7) is 9.92. The van der Waals surface area contributed by atoms with Gasteiger partial charge in [0, 0.05) is 32.5 Å². The molecule has 0 saturated carbocycles. The van der Waals surface area contributed by atoms with Crippen molar-refractivity contribution in [1.29, 1.82) is 0 Å². The van der Waals surface area contributed by atoms with Gasteiger partial charge in [-0.2, -0.15) is 0 Å². The number of aromatic nitrogens is 4. The van der Waals surface area contributed by atoms with Gasteiger partial charge in [-0.3, -0.25) is 18.6 Å². The van der Waals surface area contributed by atoms with Crippen molar-refractivity contribution in [3.05, 3.63) is 27.6 Å². The fourth-order valence-electron chi connectivity index (χ4n) is 3.21. The number of fused-ring (bicyclic) bond motifs is 3. The summed E-state index contributed by atoms with van der Waals surface area (Å²) in [6.07, 6.45) is 1.77. The fraction of sp³-hybridized carbons (Fsp3) is 0.600. The molecule has 0 saturated heterocycles. The van der Waals surface area contributed by atoms with Crippen LogP contribution in [0.4, 0.5) is 0 Å². The average Bonchev–Trinajstić information content (AvgIpc) is 3.29. The van der Waals surface area contributed by atoms with Crippen LogP contribution in [0.25, 0.3) is 16.0 Å². The summed E-state index contributed by atoms with van der Waals surface area (Å²) in [5.41, 5.74) is 0.776. The lowest BCUT2D eigenvalue weighted by Crippen LogP contribution is -2.26. The predicted octanol–water partition coefficient (Wildman–Crippen LogP) is 2.63. The van der Waals surface area contributed by atoms with Gasteiger partial charge in [-0.15, -0.1) is 21.5 Å². The van der Waals surface area contributed by atoms with E-state index in [4.69, 9.17) is 4.74 Å². The number of ether oxygens (including phenoxy) is 1. The zero-order chi connectivity index (χ0) is 21.0. The summed E-state index contributed by atoms with van der Waals surface area (Å²) in [7, 11) is 0. The number of nitrogens with zero attached hydrogens (tertiary/aromatic N) is 4. The van der Waals surface area contributed by atoms with Gasteiger partial charge in [-0.1, -0.05) is 13.8 Å². The van der Waals surface area contributed by atoms with E-state index in [0.717, 1.165) is 11.9 Å². The summed E-state index contributed by atoms with van der Waals surface area (Å²) >= 11 is 1.42. The third-order valence-corrected chi connectivity index (χ3v) is 5.39. The highest BCUT2D eigenvalue weighted by Crippen LogP contribution is 2.20. The van der Waals surface area contributed by atoms with Crippen molar-refractivity contribution in [3.8, 4) is 0 Å². The number of carbonyl (C=O) groups excluding carboxylic acids is 1. The Hall–Kier alpha value is -2.26. The fourth-order valence-corrected chi connectivity index (χ4v) is 4.03. The third-order valence-electron chi connectivity index (χ3n) is 4.50. The topological polar surface area (TPSA) is 90.5 Å². The number of rotatable bonds is 10.